The van der Waals surface area contributed by atoms with Crippen LogP contribution in [-0.2, 0) is 15.6 Å². The molecular formula is C60H40N2O4S6. The Morgan fingerprint density at radius 2 is 1.07 bits per heavy atom. The van der Waals surface area contributed by atoms with Gasteiger partial charge in [-0.15, -0.1) is 68.0 Å². The summed E-state index contributed by atoms with van der Waals surface area (Å²) in [5, 5.41) is 18.7. The summed E-state index contributed by atoms with van der Waals surface area (Å²) in [4.78, 5) is 20.4. The topological polar surface area (TPSA) is 82.8 Å². The van der Waals surface area contributed by atoms with E-state index < -0.39 is 5.97 Å². The van der Waals surface area contributed by atoms with E-state index in [1.54, 1.807) is 62.8 Å². The van der Waals surface area contributed by atoms with Crippen molar-refractivity contribution >= 4 is 125 Å². The SMILES string of the molecule is CC1(C)c2ccccc2-c2ccc(N(c3ccc(-c4sc(-c5cc6sc(-c7cc8sc9cc(/C=C(/C#N)C(=O)O)sc9c8s7)cc6s5)c5c4OCCO5)cc3)c3ccc4c(c3)C(C)(C)c3ccccc3-4)cc21. The van der Waals surface area contributed by atoms with Crippen molar-refractivity contribution in [3.63, 3.8) is 0 Å². The van der Waals surface area contributed by atoms with Gasteiger partial charge in [0.1, 0.15) is 24.9 Å². The van der Waals surface area contributed by atoms with E-state index in [2.05, 4.69) is 160 Å². The minimum atomic E-state index is -1.21. The predicted octanol–water partition coefficient (Wildman–Crippen LogP) is 18.4. The van der Waals surface area contributed by atoms with E-state index in [4.69, 9.17) is 9.47 Å². The fourth-order valence-electron chi connectivity index (χ4n) is 11.1. The molecule has 2 aliphatic carbocycles. The summed E-state index contributed by atoms with van der Waals surface area (Å²) in [5.41, 5.74) is 14.5. The minimum absolute atomic E-state index is 0.140. The number of hydrogen-bond acceptors (Lipinski definition) is 11. The first kappa shape index (κ1) is 43.9. The number of aliphatic carboxylic acids is 1. The number of carboxylic acids is 1. The molecule has 1 aliphatic heterocycles. The van der Waals surface area contributed by atoms with Crippen molar-refractivity contribution in [2.75, 3.05) is 18.1 Å². The van der Waals surface area contributed by atoms with Crippen LogP contribution in [0.5, 0.6) is 11.5 Å². The van der Waals surface area contributed by atoms with E-state index in [0.29, 0.717) is 13.2 Å². The molecule has 1 N–H and O–H groups in total. The highest BCUT2D eigenvalue weighted by Gasteiger charge is 2.38. The van der Waals surface area contributed by atoms with Crippen molar-refractivity contribution in [1.82, 2.24) is 0 Å². The van der Waals surface area contributed by atoms with Crippen molar-refractivity contribution in [2.24, 2.45) is 0 Å². The molecule has 0 radical (unpaired) electrons. The molecule has 0 spiro atoms. The zero-order valence-electron chi connectivity index (χ0n) is 39.2. The lowest BCUT2D eigenvalue weighted by molar-refractivity contribution is -0.132. The van der Waals surface area contributed by atoms with Gasteiger partial charge in [0.15, 0.2) is 11.5 Å². The average Bonchev–Trinajstić information content (AvgIpc) is 4.28. The molecule has 5 aromatic carbocycles. The van der Waals surface area contributed by atoms with Crippen molar-refractivity contribution in [1.29, 1.82) is 5.26 Å². The van der Waals surface area contributed by atoms with Crippen LogP contribution in [-0.4, -0.2) is 24.3 Å². The van der Waals surface area contributed by atoms with Crippen LogP contribution in [0.15, 0.2) is 139 Å². The maximum Gasteiger partial charge on any atom is 0.346 e. The molecule has 7 heterocycles. The van der Waals surface area contributed by atoms with Gasteiger partial charge in [0.25, 0.3) is 0 Å². The number of ether oxygens (including phenoxy) is 2. The summed E-state index contributed by atoms with van der Waals surface area (Å²) >= 11 is 10.3. The molecule has 11 aromatic rings. The van der Waals surface area contributed by atoms with E-state index >= 15 is 0 Å². The Bertz CT molecular complexity index is 4040. The standard InChI is InChI=1S/C60H40N2O4S6/c1-59(2)41-11-7-5-9-37(41)39-19-17-34(24-43(39)59)62(35-18-20-40-38-10-6-8-12-42(38)60(3,4)44(40)25-35)33-15-13-31(14-16-33)54-52-53(66-22-21-65-52)55(72-54)50-28-47-45(69-50)27-46(68-47)48-29-51-57(71-48)56-49(70-51)26-36(67-56)23-32(30-61)58(63)64/h5-20,23-29H,21-22H2,1-4H3,(H,63,64)/b32-23-. The highest BCUT2D eigenvalue weighted by Crippen LogP contribution is 2.58. The summed E-state index contributed by atoms with van der Waals surface area (Å²) in [6.07, 6.45) is 1.46. The van der Waals surface area contributed by atoms with E-state index in [1.165, 1.54) is 90.5 Å². The van der Waals surface area contributed by atoms with E-state index in [9.17, 15) is 15.2 Å². The average molecular weight is 1050 g/mol. The lowest BCUT2D eigenvalue weighted by Crippen LogP contribution is -2.18. The Morgan fingerprint density at radius 1 is 0.556 bits per heavy atom. The zero-order chi connectivity index (χ0) is 48.8. The zero-order valence-corrected chi connectivity index (χ0v) is 44.1. The highest BCUT2D eigenvalue weighted by molar-refractivity contribution is 7.40. The molecule has 12 heteroatoms. The van der Waals surface area contributed by atoms with Crippen LogP contribution < -0.4 is 14.4 Å². The Kier molecular flexibility index (Phi) is 9.82. The summed E-state index contributed by atoms with van der Waals surface area (Å²) in [7, 11) is 0. The van der Waals surface area contributed by atoms with Gasteiger partial charge in [-0.1, -0.05) is 100 Å². The molecule has 72 heavy (non-hydrogen) atoms. The van der Waals surface area contributed by atoms with E-state index in [-0.39, 0.29) is 16.4 Å². The number of fused-ring (bicyclic) bond motifs is 11. The third kappa shape index (κ3) is 6.61. The molecule has 350 valence electrons. The van der Waals surface area contributed by atoms with Crippen LogP contribution in [0.1, 0.15) is 54.8 Å². The van der Waals surface area contributed by atoms with Gasteiger partial charge in [0.2, 0.25) is 0 Å². The van der Waals surface area contributed by atoms with Crippen LogP contribution in [0.25, 0.3) is 86.5 Å². The second-order valence-corrected chi connectivity index (χ2v) is 25.9. The lowest BCUT2D eigenvalue weighted by atomic mass is 9.82. The van der Waals surface area contributed by atoms with Gasteiger partial charge in [-0.05, 0) is 117 Å². The van der Waals surface area contributed by atoms with Gasteiger partial charge in [-0.2, -0.15) is 5.26 Å². The number of thiophene rings is 6. The molecule has 3 aliphatic rings. The number of nitriles is 1. The summed E-state index contributed by atoms with van der Waals surface area (Å²) in [6, 6.07) is 51.4. The molecule has 6 nitrogen and oxygen atoms in total. The number of carboxylic acid groups (broad SMARTS) is 1. The summed E-state index contributed by atoms with van der Waals surface area (Å²) in [5.74, 6) is 0.424. The largest absolute Gasteiger partial charge is 0.485 e. The van der Waals surface area contributed by atoms with Gasteiger partial charge in [-0.3, -0.25) is 0 Å². The number of rotatable bonds is 8. The van der Waals surface area contributed by atoms with Gasteiger partial charge < -0.3 is 19.5 Å². The Hall–Kier alpha value is -6.82. The van der Waals surface area contributed by atoms with Gasteiger partial charge >= 0.3 is 5.97 Å². The van der Waals surface area contributed by atoms with Gasteiger partial charge in [0, 0.05) is 61.3 Å². The van der Waals surface area contributed by atoms with E-state index in [0.717, 1.165) is 63.0 Å². The Morgan fingerprint density at radius 3 is 1.69 bits per heavy atom. The van der Waals surface area contributed by atoms with Crippen molar-refractivity contribution in [3.05, 3.63) is 166 Å². The molecule has 0 fully saturated rings. The Balaban J connectivity index is 0.810. The van der Waals surface area contributed by atoms with Gasteiger partial charge in [-0.25, -0.2) is 4.79 Å². The number of anilines is 3. The monoisotopic (exact) mass is 1040 g/mol. The molecule has 0 amide bonds. The number of carbonyl (C=O) groups is 1. The molecular weight excluding hydrogens is 1010 g/mol. The smallest absolute Gasteiger partial charge is 0.346 e. The van der Waals surface area contributed by atoms with Crippen molar-refractivity contribution in [3.8, 4) is 69.8 Å². The van der Waals surface area contributed by atoms with Crippen molar-refractivity contribution < 1.29 is 19.4 Å². The lowest BCUT2D eigenvalue weighted by Gasteiger charge is -2.30. The molecule has 0 atom stereocenters. The maximum atomic E-state index is 11.5. The summed E-state index contributed by atoms with van der Waals surface area (Å²) < 4.78 is 20.1. The molecule has 14 rings (SSSR count). The molecule has 0 saturated carbocycles. The number of hydrogen-bond donors (Lipinski definition) is 1. The summed E-state index contributed by atoms with van der Waals surface area (Å²) in [6.45, 7) is 10.4. The highest BCUT2D eigenvalue weighted by atomic mass is 32.1. The van der Waals surface area contributed by atoms with Crippen LogP contribution in [0, 0.1) is 11.3 Å². The number of nitrogens with zero attached hydrogens (tertiary/aromatic N) is 2. The first-order valence-electron chi connectivity index (χ1n) is 23.6. The second-order valence-electron chi connectivity index (χ2n) is 19.5. The third-order valence-corrected chi connectivity index (χ3v) is 22.2. The van der Waals surface area contributed by atoms with Gasteiger partial charge in [0.05, 0.1) is 24.0 Å². The third-order valence-electron chi connectivity index (χ3n) is 14.6. The van der Waals surface area contributed by atoms with E-state index in [1.807, 2.05) is 6.07 Å². The normalized spacial score (nSPS) is 14.9. The van der Waals surface area contributed by atoms with Crippen LogP contribution >= 0.6 is 68.0 Å². The quantitative estimate of drug-likeness (QED) is 0.121. The fourth-order valence-corrected chi connectivity index (χ4v) is 18.8. The molecule has 0 saturated heterocycles. The predicted molar refractivity (Wildman–Crippen MR) is 305 cm³/mol. The first-order valence-corrected chi connectivity index (χ1v) is 28.5. The van der Waals surface area contributed by atoms with Crippen LogP contribution in [0.2, 0.25) is 0 Å². The number of benzene rings is 5. The molecule has 0 unspecified atom stereocenters. The molecule has 6 aromatic heterocycles. The fraction of sp³-hybridized carbons (Fsp3) is 0.133. The first-order chi connectivity index (χ1) is 34.9. The second kappa shape index (κ2) is 16.1. The minimum Gasteiger partial charge on any atom is -0.485 e. The van der Waals surface area contributed by atoms with Crippen molar-refractivity contribution in [2.45, 2.75) is 38.5 Å². The molecule has 0 bridgehead atoms. The van der Waals surface area contributed by atoms with Crippen LogP contribution in [0.3, 0.4) is 0 Å². The van der Waals surface area contributed by atoms with Crippen LogP contribution in [0.4, 0.5) is 17.1 Å². The Labute approximate surface area is 439 Å². The maximum absolute atomic E-state index is 11.5.